The van der Waals surface area contributed by atoms with Crippen LogP contribution in [0.4, 0.5) is 11.4 Å². The third kappa shape index (κ3) is 4.56. The Balaban J connectivity index is 1.66. The summed E-state index contributed by atoms with van der Waals surface area (Å²) >= 11 is 5.95. The van der Waals surface area contributed by atoms with E-state index in [1.807, 2.05) is 24.3 Å². The highest BCUT2D eigenvalue weighted by Crippen LogP contribution is 2.31. The quantitative estimate of drug-likeness (QED) is 0.844. The molecule has 0 aromatic heterocycles. The third-order valence-corrected chi connectivity index (χ3v) is 5.78. The van der Waals surface area contributed by atoms with Crippen molar-refractivity contribution in [3.8, 4) is 0 Å². The molecular formula is C19H21ClN2O3S. The van der Waals surface area contributed by atoms with Crippen molar-refractivity contribution in [1.29, 1.82) is 0 Å². The summed E-state index contributed by atoms with van der Waals surface area (Å²) < 4.78 is 25.2. The zero-order valence-corrected chi connectivity index (χ0v) is 16.1. The largest absolute Gasteiger partial charge is 0.326 e. The highest BCUT2D eigenvalue weighted by atomic mass is 35.5. The molecule has 2 aromatic rings. The maximum atomic E-state index is 12.2. The summed E-state index contributed by atoms with van der Waals surface area (Å²) in [5.74, 6) is -0.0827. The molecule has 1 N–H and O–H groups in total. The summed E-state index contributed by atoms with van der Waals surface area (Å²) in [6.45, 7) is 0.497. The molecule has 1 amide bonds. The zero-order valence-electron chi connectivity index (χ0n) is 14.5. The molecule has 0 fully saturated rings. The second-order valence-electron chi connectivity index (χ2n) is 6.46. The van der Waals surface area contributed by atoms with Gasteiger partial charge in [0.15, 0.2) is 0 Å². The monoisotopic (exact) mass is 392 g/mol. The Morgan fingerprint density at radius 2 is 2.04 bits per heavy atom. The standard InChI is InChI=1S/C19H21ClN2O3S/c1-26(24,25)22-11-3-5-15-13-17(8-9-18(15)22)21-19(23)10-7-14-4-2-6-16(20)12-14/h2,4,6,8-9,12-13H,3,5,7,10-11H2,1H3,(H,21,23). The summed E-state index contributed by atoms with van der Waals surface area (Å²) in [5.41, 5.74) is 3.35. The van der Waals surface area contributed by atoms with E-state index in [0.717, 1.165) is 24.0 Å². The molecule has 0 bridgehead atoms. The lowest BCUT2D eigenvalue weighted by molar-refractivity contribution is -0.116. The summed E-state index contributed by atoms with van der Waals surface area (Å²) in [7, 11) is -3.28. The van der Waals surface area contributed by atoms with Gasteiger partial charge in [-0.1, -0.05) is 23.7 Å². The second-order valence-corrected chi connectivity index (χ2v) is 8.80. The number of amides is 1. The van der Waals surface area contributed by atoms with Crippen LogP contribution in [0.1, 0.15) is 24.0 Å². The van der Waals surface area contributed by atoms with Gasteiger partial charge in [0.2, 0.25) is 15.9 Å². The summed E-state index contributed by atoms with van der Waals surface area (Å²) in [6.07, 6.45) is 3.75. The number of sulfonamides is 1. The molecule has 7 heteroatoms. The molecule has 0 unspecified atom stereocenters. The van der Waals surface area contributed by atoms with Crippen LogP contribution in [0.5, 0.6) is 0 Å². The fourth-order valence-corrected chi connectivity index (χ4v) is 4.37. The van der Waals surface area contributed by atoms with Crippen LogP contribution in [-0.2, 0) is 27.7 Å². The summed E-state index contributed by atoms with van der Waals surface area (Å²) in [5, 5.41) is 3.55. The first kappa shape index (κ1) is 18.7. The Kier molecular flexibility index (Phi) is 5.53. The SMILES string of the molecule is CS(=O)(=O)N1CCCc2cc(NC(=O)CCc3cccc(Cl)c3)ccc21. The van der Waals surface area contributed by atoms with Crippen LogP contribution in [0.25, 0.3) is 0 Å². The topological polar surface area (TPSA) is 66.5 Å². The normalized spacial score (nSPS) is 14.0. The van der Waals surface area contributed by atoms with E-state index >= 15 is 0 Å². The van der Waals surface area contributed by atoms with Gasteiger partial charge in [-0.15, -0.1) is 0 Å². The molecule has 138 valence electrons. The molecule has 0 saturated carbocycles. The number of hydrogen-bond acceptors (Lipinski definition) is 3. The molecule has 1 heterocycles. The van der Waals surface area contributed by atoms with Crippen LogP contribution in [0.3, 0.4) is 0 Å². The molecule has 0 aliphatic carbocycles. The molecule has 0 spiro atoms. The van der Waals surface area contributed by atoms with Crippen molar-refractivity contribution in [3.05, 3.63) is 58.6 Å². The van der Waals surface area contributed by atoms with Crippen molar-refractivity contribution in [2.75, 3.05) is 22.4 Å². The minimum absolute atomic E-state index is 0.0827. The van der Waals surface area contributed by atoms with Gasteiger partial charge in [0.05, 0.1) is 11.9 Å². The van der Waals surface area contributed by atoms with Crippen LogP contribution >= 0.6 is 11.6 Å². The van der Waals surface area contributed by atoms with E-state index in [-0.39, 0.29) is 5.91 Å². The van der Waals surface area contributed by atoms with E-state index in [1.54, 1.807) is 18.2 Å². The number of benzene rings is 2. The minimum atomic E-state index is -3.28. The number of aryl methyl sites for hydroxylation is 2. The van der Waals surface area contributed by atoms with Crippen LogP contribution < -0.4 is 9.62 Å². The average Bonchev–Trinajstić information content (AvgIpc) is 2.58. The van der Waals surface area contributed by atoms with E-state index < -0.39 is 10.0 Å². The van der Waals surface area contributed by atoms with Crippen molar-refractivity contribution < 1.29 is 13.2 Å². The summed E-state index contributed by atoms with van der Waals surface area (Å²) in [4.78, 5) is 12.2. The Morgan fingerprint density at radius 1 is 1.23 bits per heavy atom. The Morgan fingerprint density at radius 3 is 2.77 bits per heavy atom. The van der Waals surface area contributed by atoms with E-state index in [1.165, 1.54) is 10.6 Å². The Bertz CT molecular complexity index is 928. The molecule has 1 aliphatic heterocycles. The fraction of sp³-hybridized carbons (Fsp3) is 0.316. The molecule has 3 rings (SSSR count). The highest BCUT2D eigenvalue weighted by Gasteiger charge is 2.24. The van der Waals surface area contributed by atoms with Crippen molar-refractivity contribution in [2.45, 2.75) is 25.7 Å². The number of carbonyl (C=O) groups is 1. The van der Waals surface area contributed by atoms with E-state index in [9.17, 15) is 13.2 Å². The molecule has 0 atom stereocenters. The van der Waals surface area contributed by atoms with E-state index in [4.69, 9.17) is 11.6 Å². The first-order valence-corrected chi connectivity index (χ1v) is 10.7. The zero-order chi connectivity index (χ0) is 18.7. The second kappa shape index (κ2) is 7.68. The van der Waals surface area contributed by atoms with Gasteiger partial charge in [-0.05, 0) is 60.7 Å². The third-order valence-electron chi connectivity index (χ3n) is 4.37. The predicted molar refractivity (Wildman–Crippen MR) is 105 cm³/mol. The number of nitrogens with one attached hydrogen (secondary N) is 1. The number of fused-ring (bicyclic) bond motifs is 1. The number of hydrogen-bond donors (Lipinski definition) is 1. The van der Waals surface area contributed by atoms with Gasteiger partial charge >= 0.3 is 0 Å². The van der Waals surface area contributed by atoms with Crippen molar-refractivity contribution >= 4 is 38.9 Å². The maximum absolute atomic E-state index is 12.2. The minimum Gasteiger partial charge on any atom is -0.326 e. The van der Waals surface area contributed by atoms with Crippen molar-refractivity contribution in [2.24, 2.45) is 0 Å². The van der Waals surface area contributed by atoms with E-state index in [2.05, 4.69) is 5.32 Å². The fourth-order valence-electron chi connectivity index (χ4n) is 3.16. The van der Waals surface area contributed by atoms with Crippen LogP contribution in [0.2, 0.25) is 5.02 Å². The van der Waals surface area contributed by atoms with Crippen LogP contribution in [-0.4, -0.2) is 27.1 Å². The van der Waals surface area contributed by atoms with Gasteiger partial charge in [-0.3, -0.25) is 9.10 Å². The Labute approximate surface area is 159 Å². The van der Waals surface area contributed by atoms with Gasteiger partial charge in [0, 0.05) is 23.7 Å². The predicted octanol–water partition coefficient (Wildman–Crippen LogP) is 3.62. The van der Waals surface area contributed by atoms with Gasteiger partial charge in [0.1, 0.15) is 0 Å². The average molecular weight is 393 g/mol. The molecule has 1 aliphatic rings. The highest BCUT2D eigenvalue weighted by molar-refractivity contribution is 7.92. The summed E-state index contributed by atoms with van der Waals surface area (Å²) in [6, 6.07) is 12.8. The lowest BCUT2D eigenvalue weighted by atomic mass is 10.0. The van der Waals surface area contributed by atoms with E-state index in [0.29, 0.717) is 35.8 Å². The van der Waals surface area contributed by atoms with Crippen LogP contribution in [0.15, 0.2) is 42.5 Å². The number of halogens is 1. The number of rotatable bonds is 5. The first-order chi connectivity index (χ1) is 12.3. The molecule has 2 aromatic carbocycles. The van der Waals surface area contributed by atoms with Gasteiger partial charge in [-0.2, -0.15) is 0 Å². The maximum Gasteiger partial charge on any atom is 0.232 e. The van der Waals surface area contributed by atoms with Gasteiger partial charge in [0.25, 0.3) is 0 Å². The lowest BCUT2D eigenvalue weighted by Gasteiger charge is -2.29. The lowest BCUT2D eigenvalue weighted by Crippen LogP contribution is -2.34. The molecular weight excluding hydrogens is 372 g/mol. The molecule has 0 radical (unpaired) electrons. The van der Waals surface area contributed by atoms with Crippen molar-refractivity contribution in [3.63, 3.8) is 0 Å². The molecule has 26 heavy (non-hydrogen) atoms. The van der Waals surface area contributed by atoms with Crippen molar-refractivity contribution in [1.82, 2.24) is 0 Å². The van der Waals surface area contributed by atoms with Gasteiger partial charge in [-0.25, -0.2) is 8.42 Å². The van der Waals surface area contributed by atoms with Crippen LogP contribution in [0, 0.1) is 0 Å². The molecule has 5 nitrogen and oxygen atoms in total. The smallest absolute Gasteiger partial charge is 0.232 e. The van der Waals surface area contributed by atoms with Gasteiger partial charge < -0.3 is 5.32 Å². The Hall–Kier alpha value is -2.05. The first-order valence-electron chi connectivity index (χ1n) is 8.48. The molecule has 0 saturated heterocycles. The number of carbonyl (C=O) groups excluding carboxylic acids is 1. The number of anilines is 2. The number of nitrogens with zero attached hydrogens (tertiary/aromatic N) is 1.